The first-order chi connectivity index (χ1) is 22.4. The molecule has 0 radical (unpaired) electrons. The highest BCUT2D eigenvalue weighted by Crippen LogP contribution is 2.44. The fourth-order valence-corrected chi connectivity index (χ4v) is 5.10. The van der Waals surface area contributed by atoms with E-state index in [0.29, 0.717) is 38.9 Å². The number of rotatable bonds is 6. The molecule has 4 heteroatoms. The molecule has 0 fully saturated rings. The lowest BCUT2D eigenvalue weighted by atomic mass is 10.00. The molecule has 7 rings (SSSR count). The van der Waals surface area contributed by atoms with E-state index >= 15 is 0 Å². The number of nitriles is 1. The minimum Gasteiger partial charge on any atom is -0.455 e. The normalized spacial score (nSPS) is 12.6. The Kier molecular flexibility index (Phi) is 4.90. The van der Waals surface area contributed by atoms with Crippen molar-refractivity contribution in [2.45, 2.75) is 0 Å². The molecule has 1 N–H and O–H groups in total. The van der Waals surface area contributed by atoms with Gasteiger partial charge in [-0.25, -0.2) is 0 Å². The zero-order valence-electron chi connectivity index (χ0n) is 26.8. The van der Waals surface area contributed by atoms with Gasteiger partial charge in [0.2, 0.25) is 0 Å². The molecule has 1 aromatic heterocycles. The van der Waals surface area contributed by atoms with Crippen LogP contribution in [-0.4, -0.2) is 0 Å². The number of hydrogen-bond acceptors (Lipinski definition) is 4. The van der Waals surface area contributed by atoms with Crippen LogP contribution in [0.2, 0.25) is 0 Å². The van der Waals surface area contributed by atoms with Crippen LogP contribution in [0.4, 0.5) is 28.4 Å². The summed E-state index contributed by atoms with van der Waals surface area (Å²) in [5, 5.41) is 14.8. The van der Waals surface area contributed by atoms with Crippen molar-refractivity contribution in [1.29, 1.82) is 5.26 Å². The van der Waals surface area contributed by atoms with Crippen molar-refractivity contribution in [1.82, 2.24) is 0 Å². The predicted molar refractivity (Wildman–Crippen MR) is 168 cm³/mol. The Bertz CT molecular complexity index is 2290. The van der Waals surface area contributed by atoms with Crippen LogP contribution in [0.1, 0.15) is 12.4 Å². The van der Waals surface area contributed by atoms with E-state index in [0.717, 1.165) is 22.5 Å². The van der Waals surface area contributed by atoms with Crippen molar-refractivity contribution < 1.29 is 11.3 Å². The Morgan fingerprint density at radius 3 is 2.20 bits per heavy atom. The van der Waals surface area contributed by atoms with E-state index in [9.17, 15) is 5.26 Å². The Balaban J connectivity index is 1.48. The van der Waals surface area contributed by atoms with E-state index in [4.69, 9.17) is 11.3 Å². The van der Waals surface area contributed by atoms with Crippen molar-refractivity contribution in [2.24, 2.45) is 0 Å². The highest BCUT2D eigenvalue weighted by molar-refractivity contribution is 6.15. The van der Waals surface area contributed by atoms with E-state index in [1.807, 2.05) is 97.1 Å². The largest absolute Gasteiger partial charge is 0.455 e. The number of furan rings is 1. The number of anilines is 5. The average molecular weight is 533 g/mol. The molecule has 0 saturated carbocycles. The highest BCUT2D eigenvalue weighted by atomic mass is 16.3. The molecule has 6 aromatic carbocycles. The Morgan fingerprint density at radius 1 is 0.683 bits per heavy atom. The lowest BCUT2D eigenvalue weighted by Crippen LogP contribution is -2.10. The van der Waals surface area contributed by atoms with Gasteiger partial charge in [0, 0.05) is 28.1 Å². The number of fused-ring (bicyclic) bond motifs is 3. The maximum Gasteiger partial charge on any atom is 0.155 e. The fourth-order valence-electron chi connectivity index (χ4n) is 5.10. The van der Waals surface area contributed by atoms with Crippen LogP contribution in [0.15, 0.2) is 150 Å². The van der Waals surface area contributed by atoms with Gasteiger partial charge in [-0.2, -0.15) is 5.26 Å². The quantitative estimate of drug-likeness (QED) is 0.231. The summed E-state index contributed by atoms with van der Waals surface area (Å²) in [5.41, 5.74) is 6.06. The molecule has 0 spiro atoms. The van der Waals surface area contributed by atoms with Crippen molar-refractivity contribution in [3.63, 3.8) is 0 Å². The second-order valence-electron chi connectivity index (χ2n) is 9.48. The van der Waals surface area contributed by atoms with Gasteiger partial charge in [0.05, 0.1) is 23.5 Å². The number of hydrogen-bond donors (Lipinski definition) is 1. The van der Waals surface area contributed by atoms with E-state index in [2.05, 4.69) is 17.5 Å². The second kappa shape index (κ2) is 10.4. The SMILES string of the molecule is [2H]c1c([2H])c([2H])c(N(c2ccccc2)c2ccc(C#N)c3oc4ccc(-c5cccc(Nc6ccccc6)c5)cc4c23)c([2H])c1[2H]. The summed E-state index contributed by atoms with van der Waals surface area (Å²) in [6.07, 6.45) is 0. The van der Waals surface area contributed by atoms with Crippen LogP contribution in [0.3, 0.4) is 0 Å². The van der Waals surface area contributed by atoms with E-state index < -0.39 is 18.1 Å². The zero-order chi connectivity index (χ0) is 31.9. The third-order valence-electron chi connectivity index (χ3n) is 6.94. The van der Waals surface area contributed by atoms with Crippen LogP contribution in [0.25, 0.3) is 33.1 Å². The van der Waals surface area contributed by atoms with Crippen LogP contribution in [0.5, 0.6) is 0 Å². The molecule has 41 heavy (non-hydrogen) atoms. The van der Waals surface area contributed by atoms with Crippen molar-refractivity contribution in [2.75, 3.05) is 10.2 Å². The summed E-state index contributed by atoms with van der Waals surface area (Å²) < 4.78 is 48.9. The van der Waals surface area contributed by atoms with E-state index in [1.54, 1.807) is 17.0 Å². The Morgan fingerprint density at radius 2 is 1.41 bits per heavy atom. The molecule has 4 nitrogen and oxygen atoms in total. The molecule has 0 bridgehead atoms. The number of nitrogens with one attached hydrogen (secondary N) is 1. The average Bonchev–Trinajstić information content (AvgIpc) is 3.48. The standard InChI is InChI=1S/C37H25N3O/c38-25-28-19-21-34(40(31-15-6-2-7-16-31)32-17-8-3-9-18-32)36-33-24-27(20-22-35(33)41-37(28)36)26-11-10-14-30(23-26)39-29-12-4-1-5-13-29/h1-24,39H/i2D,6D,7D,15D,16D. The third-order valence-corrected chi connectivity index (χ3v) is 6.94. The summed E-state index contributed by atoms with van der Waals surface area (Å²) in [4.78, 5) is 1.65. The van der Waals surface area contributed by atoms with Crippen LogP contribution in [0, 0.1) is 11.3 Å². The summed E-state index contributed by atoms with van der Waals surface area (Å²) in [5.74, 6) is 0. The molecule has 0 amide bonds. The molecule has 0 unspecified atom stereocenters. The minimum atomic E-state index is -0.473. The second-order valence-corrected chi connectivity index (χ2v) is 9.48. The van der Waals surface area contributed by atoms with Crippen molar-refractivity contribution >= 4 is 50.4 Å². The van der Waals surface area contributed by atoms with Gasteiger partial charge in [-0.1, -0.05) is 72.7 Å². The van der Waals surface area contributed by atoms with Gasteiger partial charge < -0.3 is 14.6 Å². The summed E-state index contributed by atoms with van der Waals surface area (Å²) in [6, 6.07) is 36.4. The van der Waals surface area contributed by atoms with Gasteiger partial charge in [-0.15, -0.1) is 0 Å². The predicted octanol–water partition coefficient (Wildman–Crippen LogP) is 10.3. The molecule has 0 aliphatic carbocycles. The van der Waals surface area contributed by atoms with Crippen LogP contribution < -0.4 is 10.2 Å². The minimum absolute atomic E-state index is 0.00611. The van der Waals surface area contributed by atoms with Gasteiger partial charge in [0.25, 0.3) is 0 Å². The maximum atomic E-state index is 10.0. The molecular formula is C37H25N3O. The summed E-state index contributed by atoms with van der Waals surface area (Å²) in [7, 11) is 0. The first-order valence-corrected chi connectivity index (χ1v) is 13.1. The van der Waals surface area contributed by atoms with Gasteiger partial charge in [-0.05, 0) is 83.9 Å². The van der Waals surface area contributed by atoms with Gasteiger partial charge in [0.1, 0.15) is 11.7 Å². The van der Waals surface area contributed by atoms with Crippen LogP contribution in [-0.2, 0) is 0 Å². The fraction of sp³-hybridized carbons (Fsp3) is 0. The van der Waals surface area contributed by atoms with Crippen LogP contribution >= 0.6 is 0 Å². The molecule has 0 aliphatic heterocycles. The highest BCUT2D eigenvalue weighted by Gasteiger charge is 2.21. The summed E-state index contributed by atoms with van der Waals surface area (Å²) >= 11 is 0. The van der Waals surface area contributed by atoms with Crippen molar-refractivity contribution in [3.05, 3.63) is 151 Å². The Hall–Kier alpha value is -5.79. The third kappa shape index (κ3) is 4.56. The van der Waals surface area contributed by atoms with Gasteiger partial charge >= 0.3 is 0 Å². The molecular weight excluding hydrogens is 502 g/mol. The number of benzene rings is 6. The van der Waals surface area contributed by atoms with Crippen molar-refractivity contribution in [3.8, 4) is 17.2 Å². The molecule has 0 atom stereocenters. The summed E-state index contributed by atoms with van der Waals surface area (Å²) in [6.45, 7) is 0. The Labute approximate surface area is 245 Å². The maximum absolute atomic E-state index is 10.0. The van der Waals surface area contributed by atoms with E-state index in [-0.39, 0.29) is 17.8 Å². The van der Waals surface area contributed by atoms with Gasteiger partial charge in [0.15, 0.2) is 5.58 Å². The lowest BCUT2D eigenvalue weighted by molar-refractivity contribution is 0.667. The first-order valence-electron chi connectivity index (χ1n) is 15.6. The molecule has 0 aliphatic rings. The molecule has 1 heterocycles. The molecule has 7 aromatic rings. The first kappa shape index (κ1) is 19.3. The molecule has 194 valence electrons. The lowest BCUT2D eigenvalue weighted by Gasteiger charge is -2.26. The molecule has 0 saturated heterocycles. The van der Waals surface area contributed by atoms with E-state index in [1.165, 1.54) is 0 Å². The monoisotopic (exact) mass is 532 g/mol. The van der Waals surface area contributed by atoms with Gasteiger partial charge in [-0.3, -0.25) is 0 Å². The number of nitrogens with zero attached hydrogens (tertiary/aromatic N) is 2. The topological polar surface area (TPSA) is 52.2 Å². The number of para-hydroxylation sites is 3. The zero-order valence-corrected chi connectivity index (χ0v) is 21.8. The smallest absolute Gasteiger partial charge is 0.155 e.